The van der Waals surface area contributed by atoms with E-state index in [-0.39, 0.29) is 11.5 Å². The molecule has 2 rings (SSSR count). The molecule has 1 aliphatic heterocycles. The molecule has 2 amide bonds. The standard InChI is InChI=1S/C15H21N3O3/c1-11-6-7-12(15(21)17-11)14(20)16-8-10-18-9-4-2-3-5-13(18)19/h6-7H,2-5,8-10H2,1H3,(H,16,20)(H,17,21). The third-order valence-corrected chi connectivity index (χ3v) is 3.64. The number of hydrogen-bond donors (Lipinski definition) is 2. The monoisotopic (exact) mass is 291 g/mol. The molecule has 0 aliphatic carbocycles. The molecule has 0 saturated carbocycles. The number of pyridine rings is 1. The lowest BCUT2D eigenvalue weighted by atomic mass is 10.2. The van der Waals surface area contributed by atoms with Crippen LogP contribution in [0.5, 0.6) is 0 Å². The maximum atomic E-state index is 11.9. The van der Waals surface area contributed by atoms with E-state index in [2.05, 4.69) is 10.3 Å². The average Bonchev–Trinajstić information content (AvgIpc) is 2.64. The van der Waals surface area contributed by atoms with E-state index in [4.69, 9.17) is 0 Å². The molecule has 21 heavy (non-hydrogen) atoms. The smallest absolute Gasteiger partial charge is 0.260 e. The molecule has 2 heterocycles. The number of likely N-dealkylation sites (tertiary alicyclic amines) is 1. The summed E-state index contributed by atoms with van der Waals surface area (Å²) in [7, 11) is 0. The van der Waals surface area contributed by atoms with Crippen molar-refractivity contribution in [3.8, 4) is 0 Å². The number of carbonyl (C=O) groups is 2. The maximum Gasteiger partial charge on any atom is 0.260 e. The van der Waals surface area contributed by atoms with Crippen molar-refractivity contribution in [3.63, 3.8) is 0 Å². The Kier molecular flexibility index (Phi) is 5.14. The lowest BCUT2D eigenvalue weighted by Crippen LogP contribution is -2.39. The summed E-state index contributed by atoms with van der Waals surface area (Å²) in [6.07, 6.45) is 3.62. The summed E-state index contributed by atoms with van der Waals surface area (Å²) in [6.45, 7) is 3.36. The second-order valence-corrected chi connectivity index (χ2v) is 5.33. The first kappa shape index (κ1) is 15.3. The molecule has 0 bridgehead atoms. The van der Waals surface area contributed by atoms with Crippen LogP contribution in [0.3, 0.4) is 0 Å². The minimum atomic E-state index is -0.404. The van der Waals surface area contributed by atoms with Gasteiger partial charge in [0.2, 0.25) is 5.91 Å². The van der Waals surface area contributed by atoms with Gasteiger partial charge in [0.15, 0.2) is 0 Å². The Balaban J connectivity index is 1.86. The molecule has 1 aromatic heterocycles. The lowest BCUT2D eigenvalue weighted by Gasteiger charge is -2.20. The van der Waals surface area contributed by atoms with Crippen LogP contribution in [-0.2, 0) is 4.79 Å². The van der Waals surface area contributed by atoms with Crippen molar-refractivity contribution >= 4 is 11.8 Å². The Labute approximate surface area is 123 Å². The molecule has 0 unspecified atom stereocenters. The summed E-state index contributed by atoms with van der Waals surface area (Å²) in [5.74, 6) is -0.256. The summed E-state index contributed by atoms with van der Waals surface area (Å²) in [5, 5.41) is 2.69. The largest absolute Gasteiger partial charge is 0.350 e. The van der Waals surface area contributed by atoms with Crippen molar-refractivity contribution in [1.29, 1.82) is 0 Å². The predicted molar refractivity (Wildman–Crippen MR) is 79.2 cm³/mol. The fraction of sp³-hybridized carbons (Fsp3) is 0.533. The van der Waals surface area contributed by atoms with Gasteiger partial charge in [-0.25, -0.2) is 0 Å². The van der Waals surface area contributed by atoms with E-state index in [1.165, 1.54) is 6.07 Å². The SMILES string of the molecule is Cc1ccc(C(=O)NCCN2CCCCCC2=O)c(=O)[nH]1. The zero-order chi connectivity index (χ0) is 15.2. The number of carbonyl (C=O) groups excluding carboxylic acids is 2. The number of aromatic nitrogens is 1. The van der Waals surface area contributed by atoms with Gasteiger partial charge >= 0.3 is 0 Å². The minimum Gasteiger partial charge on any atom is -0.350 e. The molecule has 0 spiro atoms. The number of amides is 2. The number of rotatable bonds is 4. The fourth-order valence-corrected chi connectivity index (χ4v) is 2.43. The van der Waals surface area contributed by atoms with Crippen LogP contribution < -0.4 is 10.9 Å². The normalized spacial score (nSPS) is 15.7. The van der Waals surface area contributed by atoms with Gasteiger partial charge in [-0.05, 0) is 31.9 Å². The Morgan fingerprint density at radius 3 is 2.86 bits per heavy atom. The van der Waals surface area contributed by atoms with Crippen molar-refractivity contribution in [2.24, 2.45) is 0 Å². The summed E-state index contributed by atoms with van der Waals surface area (Å²) in [6, 6.07) is 3.20. The fourth-order valence-electron chi connectivity index (χ4n) is 2.43. The highest BCUT2D eigenvalue weighted by Gasteiger charge is 2.16. The van der Waals surface area contributed by atoms with Crippen LogP contribution in [0.4, 0.5) is 0 Å². The number of hydrogen-bond acceptors (Lipinski definition) is 3. The predicted octanol–water partition coefficient (Wildman–Crippen LogP) is 0.816. The summed E-state index contributed by atoms with van der Waals surface area (Å²) < 4.78 is 0. The van der Waals surface area contributed by atoms with Crippen molar-refractivity contribution in [2.75, 3.05) is 19.6 Å². The molecule has 1 aromatic rings. The van der Waals surface area contributed by atoms with Gasteiger partial charge in [0.25, 0.3) is 11.5 Å². The van der Waals surface area contributed by atoms with Gasteiger partial charge in [-0.1, -0.05) is 6.42 Å². The number of aryl methyl sites for hydroxylation is 1. The van der Waals surface area contributed by atoms with Crippen LogP contribution in [0, 0.1) is 6.92 Å². The molecule has 1 aliphatic rings. The molecule has 0 atom stereocenters. The van der Waals surface area contributed by atoms with Gasteiger partial charge in [0.05, 0.1) is 0 Å². The van der Waals surface area contributed by atoms with E-state index >= 15 is 0 Å². The second-order valence-electron chi connectivity index (χ2n) is 5.33. The molecule has 0 radical (unpaired) electrons. The third-order valence-electron chi connectivity index (χ3n) is 3.64. The maximum absolute atomic E-state index is 11.9. The molecule has 6 nitrogen and oxygen atoms in total. The molecule has 114 valence electrons. The van der Waals surface area contributed by atoms with Crippen LogP contribution in [0.25, 0.3) is 0 Å². The zero-order valence-corrected chi connectivity index (χ0v) is 12.3. The molecule has 1 saturated heterocycles. The van der Waals surface area contributed by atoms with Crippen molar-refractivity contribution < 1.29 is 9.59 Å². The molecule has 0 aromatic carbocycles. The summed E-state index contributed by atoms with van der Waals surface area (Å²) in [4.78, 5) is 39.8. The topological polar surface area (TPSA) is 82.3 Å². The molecular formula is C15H21N3O3. The Morgan fingerprint density at radius 2 is 2.10 bits per heavy atom. The molecular weight excluding hydrogens is 270 g/mol. The molecule has 2 N–H and O–H groups in total. The number of nitrogens with one attached hydrogen (secondary N) is 2. The van der Waals surface area contributed by atoms with Crippen LogP contribution >= 0.6 is 0 Å². The van der Waals surface area contributed by atoms with Crippen LogP contribution in [0.2, 0.25) is 0 Å². The number of nitrogens with zero attached hydrogens (tertiary/aromatic N) is 1. The van der Waals surface area contributed by atoms with Gasteiger partial charge in [-0.2, -0.15) is 0 Å². The highest BCUT2D eigenvalue weighted by Crippen LogP contribution is 2.10. The van der Waals surface area contributed by atoms with E-state index in [0.29, 0.717) is 25.2 Å². The quantitative estimate of drug-likeness (QED) is 0.861. The molecule has 6 heteroatoms. The highest BCUT2D eigenvalue weighted by molar-refractivity contribution is 5.93. The van der Waals surface area contributed by atoms with E-state index < -0.39 is 11.5 Å². The molecule has 1 fully saturated rings. The Bertz CT molecular complexity index is 580. The van der Waals surface area contributed by atoms with E-state index in [0.717, 1.165) is 25.8 Å². The first-order valence-electron chi connectivity index (χ1n) is 7.34. The Morgan fingerprint density at radius 1 is 1.29 bits per heavy atom. The van der Waals surface area contributed by atoms with E-state index in [1.807, 2.05) is 0 Å². The van der Waals surface area contributed by atoms with Gasteiger partial charge < -0.3 is 15.2 Å². The second kappa shape index (κ2) is 7.06. The van der Waals surface area contributed by atoms with E-state index in [1.54, 1.807) is 17.9 Å². The summed E-state index contributed by atoms with van der Waals surface area (Å²) >= 11 is 0. The first-order valence-corrected chi connectivity index (χ1v) is 7.34. The third kappa shape index (κ3) is 4.18. The van der Waals surface area contributed by atoms with E-state index in [9.17, 15) is 14.4 Å². The van der Waals surface area contributed by atoms with Gasteiger partial charge in [0.1, 0.15) is 5.56 Å². The van der Waals surface area contributed by atoms with Crippen LogP contribution in [0.1, 0.15) is 41.7 Å². The minimum absolute atomic E-state index is 0.0998. The van der Waals surface area contributed by atoms with Gasteiger partial charge in [0, 0.05) is 31.7 Å². The van der Waals surface area contributed by atoms with Gasteiger partial charge in [-0.3, -0.25) is 14.4 Å². The number of H-pyrrole nitrogens is 1. The lowest BCUT2D eigenvalue weighted by molar-refractivity contribution is -0.130. The van der Waals surface area contributed by atoms with Crippen LogP contribution in [0.15, 0.2) is 16.9 Å². The Hall–Kier alpha value is -2.11. The average molecular weight is 291 g/mol. The van der Waals surface area contributed by atoms with Crippen molar-refractivity contribution in [2.45, 2.75) is 32.6 Å². The van der Waals surface area contributed by atoms with Gasteiger partial charge in [-0.15, -0.1) is 0 Å². The van der Waals surface area contributed by atoms with Crippen molar-refractivity contribution in [3.05, 3.63) is 33.7 Å². The van der Waals surface area contributed by atoms with Crippen LogP contribution in [-0.4, -0.2) is 41.3 Å². The number of aromatic amines is 1. The first-order chi connectivity index (χ1) is 10.1. The van der Waals surface area contributed by atoms with Crippen molar-refractivity contribution in [1.82, 2.24) is 15.2 Å². The highest BCUT2D eigenvalue weighted by atomic mass is 16.2. The summed E-state index contributed by atoms with van der Waals surface area (Å²) in [5.41, 5.74) is 0.424. The zero-order valence-electron chi connectivity index (χ0n) is 12.3.